The van der Waals surface area contributed by atoms with Crippen molar-refractivity contribution >= 4 is 5.91 Å². The first-order chi connectivity index (χ1) is 8.14. The van der Waals surface area contributed by atoms with Gasteiger partial charge in [-0.2, -0.15) is 0 Å². The molecule has 2 fully saturated rings. The molecule has 1 saturated carbocycles. The molecule has 2 aliphatic rings. The molecular weight excluding hydrogens is 220 g/mol. The highest BCUT2D eigenvalue weighted by Crippen LogP contribution is 2.25. The van der Waals surface area contributed by atoms with Crippen molar-refractivity contribution in [2.24, 2.45) is 0 Å². The van der Waals surface area contributed by atoms with Crippen molar-refractivity contribution in [2.45, 2.75) is 37.8 Å². The lowest BCUT2D eigenvalue weighted by atomic mass is 9.91. The molecule has 1 saturated heterocycles. The molecule has 2 N–H and O–H groups in total. The summed E-state index contributed by atoms with van der Waals surface area (Å²) >= 11 is 0. The molecular formula is C12H22N2O3. The Balaban J connectivity index is 1.78. The van der Waals surface area contributed by atoms with Crippen LogP contribution in [0.3, 0.4) is 0 Å². The number of aliphatic hydroxyl groups excluding tert-OH is 1. The number of hydrogen-bond acceptors (Lipinski definition) is 4. The number of carbonyl (C=O) groups excluding carboxylic acids is 1. The van der Waals surface area contributed by atoms with Gasteiger partial charge in [0, 0.05) is 25.7 Å². The lowest BCUT2D eigenvalue weighted by Gasteiger charge is -2.41. The van der Waals surface area contributed by atoms with Crippen LogP contribution in [0, 0.1) is 0 Å². The van der Waals surface area contributed by atoms with E-state index in [0.717, 1.165) is 25.9 Å². The molecule has 1 aliphatic heterocycles. The van der Waals surface area contributed by atoms with Crippen LogP contribution in [0.4, 0.5) is 0 Å². The molecule has 1 amide bonds. The summed E-state index contributed by atoms with van der Waals surface area (Å²) < 4.78 is 5.64. The molecule has 0 aromatic heterocycles. The first-order valence-corrected chi connectivity index (χ1v) is 6.40. The van der Waals surface area contributed by atoms with Gasteiger partial charge >= 0.3 is 0 Å². The van der Waals surface area contributed by atoms with Gasteiger partial charge in [-0.15, -0.1) is 0 Å². The summed E-state index contributed by atoms with van der Waals surface area (Å²) in [5.74, 6) is 0.0110. The van der Waals surface area contributed by atoms with E-state index in [-0.39, 0.29) is 24.7 Å². The Morgan fingerprint density at radius 2 is 2.24 bits per heavy atom. The second-order valence-electron chi connectivity index (χ2n) is 5.24. The minimum Gasteiger partial charge on any atom is -0.395 e. The van der Waals surface area contributed by atoms with Crippen LogP contribution in [0.5, 0.6) is 0 Å². The molecule has 0 aromatic rings. The maximum Gasteiger partial charge on any atom is 0.248 e. The van der Waals surface area contributed by atoms with Gasteiger partial charge in [0.1, 0.15) is 6.61 Å². The van der Waals surface area contributed by atoms with E-state index in [1.54, 1.807) is 4.90 Å². The smallest absolute Gasteiger partial charge is 0.248 e. The van der Waals surface area contributed by atoms with Crippen molar-refractivity contribution in [3.63, 3.8) is 0 Å². The number of nitrogens with one attached hydrogen (secondary N) is 1. The summed E-state index contributed by atoms with van der Waals surface area (Å²) in [6, 6.07) is 0.325. The van der Waals surface area contributed by atoms with Gasteiger partial charge < -0.3 is 20.1 Å². The van der Waals surface area contributed by atoms with Gasteiger partial charge in [-0.25, -0.2) is 0 Å². The molecule has 98 valence electrons. The van der Waals surface area contributed by atoms with Crippen molar-refractivity contribution in [3.8, 4) is 0 Å². The predicted octanol–water partition coefficient (Wildman–Crippen LogP) is -0.262. The van der Waals surface area contributed by atoms with Crippen LogP contribution in [-0.4, -0.2) is 60.4 Å². The summed E-state index contributed by atoms with van der Waals surface area (Å²) in [6.07, 6.45) is 3.30. The van der Waals surface area contributed by atoms with Gasteiger partial charge in [0.05, 0.1) is 12.2 Å². The lowest BCUT2D eigenvalue weighted by molar-refractivity contribution is -0.150. The average Bonchev–Trinajstić information content (AvgIpc) is 2.20. The molecule has 0 bridgehead atoms. The van der Waals surface area contributed by atoms with Crippen molar-refractivity contribution in [1.82, 2.24) is 10.2 Å². The average molecular weight is 242 g/mol. The zero-order valence-corrected chi connectivity index (χ0v) is 10.4. The summed E-state index contributed by atoms with van der Waals surface area (Å²) in [5, 5.41) is 12.1. The molecule has 1 aliphatic carbocycles. The number of rotatable bonds is 6. The molecule has 17 heavy (non-hydrogen) atoms. The topological polar surface area (TPSA) is 61.8 Å². The Kier molecular flexibility index (Phi) is 4.01. The van der Waals surface area contributed by atoms with Crippen molar-refractivity contribution in [1.29, 1.82) is 0 Å². The molecule has 5 nitrogen and oxygen atoms in total. The third-order valence-corrected chi connectivity index (χ3v) is 3.72. The van der Waals surface area contributed by atoms with E-state index in [0.29, 0.717) is 12.6 Å². The SMILES string of the molecule is CC1(OCC(=O)N(CCO)C2CCC2)CNC1. The molecule has 5 heteroatoms. The van der Waals surface area contributed by atoms with Crippen molar-refractivity contribution in [3.05, 3.63) is 0 Å². The van der Waals surface area contributed by atoms with Crippen LogP contribution in [0.2, 0.25) is 0 Å². The molecule has 0 atom stereocenters. The third kappa shape index (κ3) is 2.97. The van der Waals surface area contributed by atoms with E-state index >= 15 is 0 Å². The minimum absolute atomic E-state index is 0.0110. The summed E-state index contributed by atoms with van der Waals surface area (Å²) in [5.41, 5.74) is -0.180. The Morgan fingerprint density at radius 1 is 1.53 bits per heavy atom. The van der Waals surface area contributed by atoms with Crippen LogP contribution in [-0.2, 0) is 9.53 Å². The highest BCUT2D eigenvalue weighted by atomic mass is 16.5. The van der Waals surface area contributed by atoms with Crippen LogP contribution in [0.15, 0.2) is 0 Å². The number of nitrogens with zero attached hydrogens (tertiary/aromatic N) is 1. The fourth-order valence-corrected chi connectivity index (χ4v) is 2.22. The number of aliphatic hydroxyl groups is 1. The van der Waals surface area contributed by atoms with E-state index < -0.39 is 0 Å². The Labute approximate surface area is 102 Å². The maximum absolute atomic E-state index is 12.0. The second-order valence-corrected chi connectivity index (χ2v) is 5.24. The molecule has 1 heterocycles. The van der Waals surface area contributed by atoms with Crippen LogP contribution < -0.4 is 5.32 Å². The normalized spacial score (nSPS) is 22.7. The number of amides is 1. The quantitative estimate of drug-likeness (QED) is 0.673. The maximum atomic E-state index is 12.0. The first-order valence-electron chi connectivity index (χ1n) is 6.40. The number of hydrogen-bond donors (Lipinski definition) is 2. The Bertz CT molecular complexity index is 275. The van der Waals surface area contributed by atoms with Gasteiger partial charge in [0.25, 0.3) is 0 Å². The minimum atomic E-state index is -0.180. The second kappa shape index (κ2) is 5.33. The van der Waals surface area contributed by atoms with Crippen LogP contribution >= 0.6 is 0 Å². The predicted molar refractivity (Wildman–Crippen MR) is 63.7 cm³/mol. The number of carbonyl (C=O) groups is 1. The van der Waals surface area contributed by atoms with E-state index in [4.69, 9.17) is 9.84 Å². The summed E-state index contributed by atoms with van der Waals surface area (Å²) in [6.45, 7) is 4.22. The summed E-state index contributed by atoms with van der Waals surface area (Å²) in [4.78, 5) is 13.8. The summed E-state index contributed by atoms with van der Waals surface area (Å²) in [7, 11) is 0. The fourth-order valence-electron chi connectivity index (χ4n) is 2.22. The first kappa shape index (κ1) is 12.8. The van der Waals surface area contributed by atoms with E-state index in [9.17, 15) is 4.79 Å². The Morgan fingerprint density at radius 3 is 2.65 bits per heavy atom. The van der Waals surface area contributed by atoms with Gasteiger partial charge in [0.15, 0.2) is 0 Å². The standard InChI is InChI=1S/C12H22N2O3/c1-12(8-13-9-12)17-7-11(16)14(5-6-15)10-3-2-4-10/h10,13,15H,2-9H2,1H3. The molecule has 0 unspecified atom stereocenters. The monoisotopic (exact) mass is 242 g/mol. The zero-order chi connectivity index (χ0) is 12.3. The Hall–Kier alpha value is -0.650. The fraction of sp³-hybridized carbons (Fsp3) is 0.917. The van der Waals surface area contributed by atoms with Crippen LogP contribution in [0.25, 0.3) is 0 Å². The highest BCUT2D eigenvalue weighted by Gasteiger charge is 2.35. The van der Waals surface area contributed by atoms with Crippen LogP contribution in [0.1, 0.15) is 26.2 Å². The van der Waals surface area contributed by atoms with Gasteiger partial charge in [0.2, 0.25) is 5.91 Å². The van der Waals surface area contributed by atoms with Gasteiger partial charge in [-0.3, -0.25) is 4.79 Å². The molecule has 0 spiro atoms. The number of ether oxygens (including phenoxy) is 1. The zero-order valence-electron chi connectivity index (χ0n) is 10.4. The van der Waals surface area contributed by atoms with E-state index in [1.165, 1.54) is 6.42 Å². The largest absolute Gasteiger partial charge is 0.395 e. The van der Waals surface area contributed by atoms with Crippen molar-refractivity contribution < 1.29 is 14.6 Å². The molecule has 0 radical (unpaired) electrons. The highest BCUT2D eigenvalue weighted by molar-refractivity contribution is 5.78. The lowest BCUT2D eigenvalue weighted by Crippen LogP contribution is -2.60. The van der Waals surface area contributed by atoms with Gasteiger partial charge in [-0.05, 0) is 26.2 Å². The van der Waals surface area contributed by atoms with E-state index in [1.807, 2.05) is 6.92 Å². The molecule has 0 aromatic carbocycles. The van der Waals surface area contributed by atoms with E-state index in [2.05, 4.69) is 5.32 Å². The third-order valence-electron chi connectivity index (χ3n) is 3.72. The van der Waals surface area contributed by atoms with Gasteiger partial charge in [-0.1, -0.05) is 0 Å². The van der Waals surface area contributed by atoms with Crippen molar-refractivity contribution in [2.75, 3.05) is 32.8 Å². The molecule has 2 rings (SSSR count).